The van der Waals surface area contributed by atoms with E-state index in [1.165, 1.54) is 0 Å². The zero-order valence-electron chi connectivity index (χ0n) is 9.22. The lowest BCUT2D eigenvalue weighted by atomic mass is 10.1. The van der Waals surface area contributed by atoms with Crippen LogP contribution in [0.1, 0.15) is 18.1 Å². The molecule has 0 aliphatic carbocycles. The summed E-state index contributed by atoms with van der Waals surface area (Å²) < 4.78 is 0. The third-order valence-corrected chi connectivity index (χ3v) is 3.44. The molecule has 0 spiro atoms. The summed E-state index contributed by atoms with van der Waals surface area (Å²) in [6, 6.07) is 7.54. The van der Waals surface area contributed by atoms with Crippen molar-refractivity contribution in [1.82, 2.24) is 0 Å². The molecule has 88 valence electrons. The predicted octanol–water partition coefficient (Wildman–Crippen LogP) is 1.93. The first kappa shape index (κ1) is 13.1. The van der Waals surface area contributed by atoms with E-state index < -0.39 is 5.97 Å². The SMILES string of the molecule is CC(CO)SCc1ccccc1CC(=O)O. The van der Waals surface area contributed by atoms with Gasteiger partial charge in [0.15, 0.2) is 0 Å². The molecule has 0 aliphatic heterocycles. The van der Waals surface area contributed by atoms with Crippen LogP contribution < -0.4 is 0 Å². The summed E-state index contributed by atoms with van der Waals surface area (Å²) in [5, 5.41) is 17.9. The molecule has 0 amide bonds. The van der Waals surface area contributed by atoms with Crippen LogP contribution in [0.15, 0.2) is 24.3 Å². The first-order valence-corrected chi connectivity index (χ1v) is 6.19. The molecule has 16 heavy (non-hydrogen) atoms. The Morgan fingerprint density at radius 2 is 2.00 bits per heavy atom. The van der Waals surface area contributed by atoms with E-state index in [1.54, 1.807) is 11.8 Å². The fourth-order valence-electron chi connectivity index (χ4n) is 1.32. The average molecular weight is 240 g/mol. The molecule has 0 saturated heterocycles. The van der Waals surface area contributed by atoms with Crippen molar-refractivity contribution in [3.8, 4) is 0 Å². The number of carboxylic acid groups (broad SMARTS) is 1. The number of hydrogen-bond acceptors (Lipinski definition) is 3. The highest BCUT2D eigenvalue weighted by Gasteiger charge is 2.07. The maximum atomic E-state index is 10.7. The maximum absolute atomic E-state index is 10.7. The van der Waals surface area contributed by atoms with E-state index in [1.807, 2.05) is 31.2 Å². The van der Waals surface area contributed by atoms with Crippen LogP contribution in [-0.4, -0.2) is 28.0 Å². The van der Waals surface area contributed by atoms with Crippen LogP contribution in [0.5, 0.6) is 0 Å². The average Bonchev–Trinajstić information content (AvgIpc) is 2.26. The van der Waals surface area contributed by atoms with Crippen LogP contribution in [0, 0.1) is 0 Å². The van der Waals surface area contributed by atoms with Crippen LogP contribution in [0.2, 0.25) is 0 Å². The smallest absolute Gasteiger partial charge is 0.307 e. The molecule has 4 heteroatoms. The van der Waals surface area contributed by atoms with E-state index in [0.717, 1.165) is 16.9 Å². The molecule has 0 heterocycles. The van der Waals surface area contributed by atoms with Gasteiger partial charge < -0.3 is 10.2 Å². The zero-order valence-corrected chi connectivity index (χ0v) is 10.0. The third kappa shape index (κ3) is 4.24. The maximum Gasteiger partial charge on any atom is 0.307 e. The van der Waals surface area contributed by atoms with Crippen LogP contribution >= 0.6 is 11.8 Å². The molecule has 0 aliphatic rings. The summed E-state index contributed by atoms with van der Waals surface area (Å²) in [7, 11) is 0. The summed E-state index contributed by atoms with van der Waals surface area (Å²) in [4.78, 5) is 10.7. The van der Waals surface area contributed by atoms with Crippen LogP contribution in [-0.2, 0) is 17.0 Å². The normalized spacial score (nSPS) is 12.4. The molecule has 1 aromatic rings. The third-order valence-electron chi connectivity index (χ3n) is 2.24. The number of hydrogen-bond donors (Lipinski definition) is 2. The lowest BCUT2D eigenvalue weighted by Gasteiger charge is -2.10. The summed E-state index contributed by atoms with van der Waals surface area (Å²) in [6.07, 6.45) is 0.0598. The molecule has 1 unspecified atom stereocenters. The molecule has 0 bridgehead atoms. The van der Waals surface area contributed by atoms with E-state index in [9.17, 15) is 4.79 Å². The molecule has 2 N–H and O–H groups in total. The first-order chi connectivity index (χ1) is 7.63. The Labute approximate surface area is 99.5 Å². The van der Waals surface area contributed by atoms with Crippen molar-refractivity contribution in [1.29, 1.82) is 0 Å². The standard InChI is InChI=1S/C12H16O3S/c1-9(7-13)16-8-11-5-3-2-4-10(11)6-12(14)15/h2-5,9,13H,6-8H2,1H3,(H,14,15). The van der Waals surface area contributed by atoms with E-state index in [2.05, 4.69) is 0 Å². The topological polar surface area (TPSA) is 57.5 Å². The van der Waals surface area contributed by atoms with Gasteiger partial charge in [-0.05, 0) is 11.1 Å². The highest BCUT2D eigenvalue weighted by molar-refractivity contribution is 7.99. The van der Waals surface area contributed by atoms with Gasteiger partial charge in [-0.2, -0.15) is 11.8 Å². The molecular formula is C12H16O3S. The minimum Gasteiger partial charge on any atom is -0.481 e. The van der Waals surface area contributed by atoms with Crippen molar-refractivity contribution < 1.29 is 15.0 Å². The molecule has 1 aromatic carbocycles. The lowest BCUT2D eigenvalue weighted by molar-refractivity contribution is -0.136. The van der Waals surface area contributed by atoms with Gasteiger partial charge in [0.1, 0.15) is 0 Å². The molecule has 0 fully saturated rings. The van der Waals surface area contributed by atoms with Gasteiger partial charge in [-0.1, -0.05) is 31.2 Å². The van der Waals surface area contributed by atoms with Crippen molar-refractivity contribution in [2.75, 3.05) is 6.61 Å². The van der Waals surface area contributed by atoms with Crippen molar-refractivity contribution in [2.45, 2.75) is 24.3 Å². The van der Waals surface area contributed by atoms with Gasteiger partial charge in [0.25, 0.3) is 0 Å². The largest absolute Gasteiger partial charge is 0.481 e. The lowest BCUT2D eigenvalue weighted by Crippen LogP contribution is -2.05. The molecule has 3 nitrogen and oxygen atoms in total. The van der Waals surface area contributed by atoms with Gasteiger partial charge in [0.05, 0.1) is 13.0 Å². The fourth-order valence-corrected chi connectivity index (χ4v) is 2.17. The van der Waals surface area contributed by atoms with E-state index in [-0.39, 0.29) is 18.3 Å². The highest BCUT2D eigenvalue weighted by Crippen LogP contribution is 2.20. The predicted molar refractivity (Wildman–Crippen MR) is 65.6 cm³/mol. The van der Waals surface area contributed by atoms with Gasteiger partial charge in [0, 0.05) is 11.0 Å². The second-order valence-corrected chi connectivity index (χ2v) is 5.07. The van der Waals surface area contributed by atoms with Crippen LogP contribution in [0.4, 0.5) is 0 Å². The van der Waals surface area contributed by atoms with Gasteiger partial charge >= 0.3 is 5.97 Å². The zero-order chi connectivity index (χ0) is 12.0. The van der Waals surface area contributed by atoms with Crippen molar-refractivity contribution in [3.05, 3.63) is 35.4 Å². The highest BCUT2D eigenvalue weighted by atomic mass is 32.2. The quantitative estimate of drug-likeness (QED) is 0.797. The molecule has 1 atom stereocenters. The van der Waals surface area contributed by atoms with Crippen molar-refractivity contribution in [3.63, 3.8) is 0 Å². The Kier molecular flexibility index (Phi) is 5.35. The molecule has 0 radical (unpaired) electrons. The van der Waals surface area contributed by atoms with E-state index in [4.69, 9.17) is 10.2 Å². The molecule has 0 saturated carbocycles. The second-order valence-electron chi connectivity index (χ2n) is 3.64. The number of benzene rings is 1. The summed E-state index contributed by atoms with van der Waals surface area (Å²) in [6.45, 7) is 2.09. The summed E-state index contributed by atoms with van der Waals surface area (Å²) in [5.74, 6) is -0.0711. The van der Waals surface area contributed by atoms with Gasteiger partial charge in [-0.25, -0.2) is 0 Å². The number of aliphatic hydroxyl groups excluding tert-OH is 1. The summed E-state index contributed by atoms with van der Waals surface area (Å²) in [5.41, 5.74) is 1.89. The number of carbonyl (C=O) groups is 1. The Morgan fingerprint density at radius 3 is 2.56 bits per heavy atom. The fraction of sp³-hybridized carbons (Fsp3) is 0.417. The molecular weight excluding hydrogens is 224 g/mol. The Morgan fingerprint density at radius 1 is 1.38 bits per heavy atom. The summed E-state index contributed by atoms with van der Waals surface area (Å²) >= 11 is 1.63. The number of rotatable bonds is 6. The van der Waals surface area contributed by atoms with E-state index in [0.29, 0.717) is 0 Å². The Balaban J connectivity index is 2.67. The van der Waals surface area contributed by atoms with Crippen molar-refractivity contribution >= 4 is 17.7 Å². The monoisotopic (exact) mass is 240 g/mol. The number of carboxylic acids is 1. The number of thioether (sulfide) groups is 1. The minimum absolute atomic E-state index is 0.0598. The van der Waals surface area contributed by atoms with Gasteiger partial charge in [-0.15, -0.1) is 0 Å². The second kappa shape index (κ2) is 6.55. The first-order valence-electron chi connectivity index (χ1n) is 5.14. The number of aliphatic carboxylic acids is 1. The van der Waals surface area contributed by atoms with Gasteiger partial charge in [-0.3, -0.25) is 4.79 Å². The Bertz CT molecular complexity index is 352. The molecule has 1 rings (SSSR count). The minimum atomic E-state index is -0.812. The van der Waals surface area contributed by atoms with E-state index >= 15 is 0 Å². The van der Waals surface area contributed by atoms with Crippen molar-refractivity contribution in [2.24, 2.45) is 0 Å². The number of aliphatic hydroxyl groups is 1. The van der Waals surface area contributed by atoms with Gasteiger partial charge in [0.2, 0.25) is 0 Å². The van der Waals surface area contributed by atoms with Crippen LogP contribution in [0.25, 0.3) is 0 Å². The Hall–Kier alpha value is -1.00. The molecule has 0 aromatic heterocycles. The van der Waals surface area contributed by atoms with Crippen LogP contribution in [0.3, 0.4) is 0 Å².